The molecular formula is C41H73ClO7Si2. The van der Waals surface area contributed by atoms with Crippen LogP contribution in [0.3, 0.4) is 0 Å². The number of alkyl halides is 1. The molecule has 0 bridgehead atoms. The van der Waals surface area contributed by atoms with E-state index in [1.807, 2.05) is 26.0 Å². The number of halogens is 1. The summed E-state index contributed by atoms with van der Waals surface area (Å²) < 4.78 is 25.8. The van der Waals surface area contributed by atoms with E-state index in [0.717, 1.165) is 11.1 Å². The average molecular weight is 770 g/mol. The number of hydrogen-bond acceptors (Lipinski definition) is 7. The van der Waals surface area contributed by atoms with Crippen molar-refractivity contribution in [3.63, 3.8) is 0 Å². The van der Waals surface area contributed by atoms with Crippen LogP contribution in [-0.2, 0) is 27.9 Å². The molecule has 294 valence electrons. The van der Waals surface area contributed by atoms with Gasteiger partial charge in [-0.25, -0.2) is 9.59 Å². The maximum Gasteiger partial charge on any atom is 0.342 e. The summed E-state index contributed by atoms with van der Waals surface area (Å²) >= 11 is 6.07. The van der Waals surface area contributed by atoms with Crippen molar-refractivity contribution in [2.75, 3.05) is 5.88 Å². The molecule has 7 nitrogen and oxygen atoms in total. The van der Waals surface area contributed by atoms with E-state index in [1.165, 1.54) is 13.0 Å². The summed E-state index contributed by atoms with van der Waals surface area (Å²) in [6.07, 6.45) is 9.27. The monoisotopic (exact) mass is 768 g/mol. The number of aliphatic hydroxyl groups is 1. The van der Waals surface area contributed by atoms with E-state index < -0.39 is 46.4 Å². The van der Waals surface area contributed by atoms with E-state index in [9.17, 15) is 14.7 Å². The predicted molar refractivity (Wildman–Crippen MR) is 218 cm³/mol. The Morgan fingerprint density at radius 1 is 1.02 bits per heavy atom. The Labute approximate surface area is 318 Å². The first-order valence-corrected chi connectivity index (χ1v) is 25.1. The van der Waals surface area contributed by atoms with Crippen LogP contribution >= 0.6 is 11.6 Å². The quantitative estimate of drug-likeness (QED) is 0.102. The number of ether oxygens (including phenoxy) is 2. The van der Waals surface area contributed by atoms with E-state index in [4.69, 9.17) is 29.9 Å². The second kappa shape index (κ2) is 19.2. The molecule has 1 aliphatic rings. The molecule has 0 amide bonds. The summed E-state index contributed by atoms with van der Waals surface area (Å²) in [4.78, 5) is 27.0. The molecule has 0 unspecified atom stereocenters. The standard InChI is InChI=1S/C41H73ClO7Si2/c1-28(27-42)24-34-21-18-22-35(49-51(16,17)40(10,11)12)32(5)30(3)26-37(43)47-36(29(2)20-19-23-41(13,45)38(44)46-34)25-31(4)33(6)48-50(14,15)39(7,8)9/h18-19,22-23,26,29,31-36,45H,1,20-21,24-25,27H2,2-17H3/b22-18+,23-19+,30-26+/t29-,31-,32+,33+,34-,35+,36+,41+/m1/s1. The number of rotatable bonds is 10. The minimum absolute atomic E-state index is 0.0314. The molecular weight excluding hydrogens is 696 g/mol. The molecule has 0 spiro atoms. The lowest BCUT2D eigenvalue weighted by Gasteiger charge is -2.40. The maximum atomic E-state index is 13.7. The second-order valence-corrected chi connectivity index (χ2v) is 28.1. The van der Waals surface area contributed by atoms with E-state index in [-0.39, 0.29) is 45.9 Å². The molecule has 0 fully saturated rings. The fourth-order valence-electron chi connectivity index (χ4n) is 5.21. The Kier molecular flexibility index (Phi) is 17.9. The lowest BCUT2D eigenvalue weighted by molar-refractivity contribution is -0.164. The van der Waals surface area contributed by atoms with Crippen LogP contribution in [0, 0.1) is 17.8 Å². The molecule has 1 heterocycles. The van der Waals surface area contributed by atoms with Crippen molar-refractivity contribution in [3.05, 3.63) is 48.1 Å². The maximum absolute atomic E-state index is 13.7. The van der Waals surface area contributed by atoms with E-state index in [0.29, 0.717) is 25.7 Å². The summed E-state index contributed by atoms with van der Waals surface area (Å²) in [5.41, 5.74) is -0.265. The molecule has 0 aromatic heterocycles. The average Bonchev–Trinajstić information content (AvgIpc) is 2.97. The van der Waals surface area contributed by atoms with Gasteiger partial charge >= 0.3 is 11.9 Å². The van der Waals surface area contributed by atoms with Gasteiger partial charge in [-0.1, -0.05) is 98.3 Å². The van der Waals surface area contributed by atoms with Crippen molar-refractivity contribution in [2.45, 2.75) is 175 Å². The second-order valence-electron chi connectivity index (χ2n) is 18.3. The highest BCUT2D eigenvalue weighted by Crippen LogP contribution is 2.40. The minimum Gasteiger partial charge on any atom is -0.459 e. The zero-order valence-corrected chi connectivity index (χ0v) is 37.7. The minimum atomic E-state index is -2.23. The summed E-state index contributed by atoms with van der Waals surface area (Å²) in [6.45, 7) is 37.9. The third-order valence-electron chi connectivity index (χ3n) is 11.5. The molecule has 0 aliphatic carbocycles. The fourth-order valence-corrected chi connectivity index (χ4v) is 8.15. The van der Waals surface area contributed by atoms with Crippen LogP contribution < -0.4 is 0 Å². The van der Waals surface area contributed by atoms with Gasteiger partial charge < -0.3 is 23.4 Å². The molecule has 0 radical (unpaired) electrons. The van der Waals surface area contributed by atoms with Crippen molar-refractivity contribution in [2.24, 2.45) is 17.8 Å². The zero-order chi connectivity index (χ0) is 39.8. The Morgan fingerprint density at radius 2 is 1.59 bits per heavy atom. The van der Waals surface area contributed by atoms with Crippen LogP contribution in [0.5, 0.6) is 0 Å². The van der Waals surface area contributed by atoms with Crippen LogP contribution in [0.4, 0.5) is 0 Å². The molecule has 10 heteroatoms. The topological polar surface area (TPSA) is 91.3 Å². The summed E-state index contributed by atoms with van der Waals surface area (Å²) in [7, 11) is -4.25. The van der Waals surface area contributed by atoms with Gasteiger partial charge in [0.1, 0.15) is 12.2 Å². The number of cyclic esters (lactones) is 2. The predicted octanol–water partition coefficient (Wildman–Crippen LogP) is 10.7. The molecule has 1 rings (SSSR count). The Hall–Kier alpha value is -1.50. The summed E-state index contributed by atoms with van der Waals surface area (Å²) in [6, 6.07) is 0. The number of esters is 2. The molecule has 0 saturated heterocycles. The van der Waals surface area contributed by atoms with Crippen molar-refractivity contribution in [3.8, 4) is 0 Å². The first-order chi connectivity index (χ1) is 23.0. The van der Waals surface area contributed by atoms with Crippen molar-refractivity contribution in [1.29, 1.82) is 0 Å². The third kappa shape index (κ3) is 15.0. The fraction of sp³-hybridized carbons (Fsp3) is 0.756. The first-order valence-electron chi connectivity index (χ1n) is 18.8. The molecule has 0 aromatic rings. The molecule has 0 saturated carbocycles. The van der Waals surface area contributed by atoms with Crippen LogP contribution in [-0.4, -0.2) is 69.6 Å². The van der Waals surface area contributed by atoms with Gasteiger partial charge in [-0.05, 0) is 87.8 Å². The highest BCUT2D eigenvalue weighted by Gasteiger charge is 2.41. The highest BCUT2D eigenvalue weighted by molar-refractivity contribution is 6.74. The largest absolute Gasteiger partial charge is 0.459 e. The highest BCUT2D eigenvalue weighted by atomic mass is 35.5. The Bertz CT molecular complexity index is 1260. The lowest BCUT2D eigenvalue weighted by atomic mass is 9.89. The van der Waals surface area contributed by atoms with Gasteiger partial charge in [-0.15, -0.1) is 11.6 Å². The smallest absolute Gasteiger partial charge is 0.342 e. The van der Waals surface area contributed by atoms with Crippen LogP contribution in [0.2, 0.25) is 36.3 Å². The molecule has 0 aromatic carbocycles. The Morgan fingerprint density at radius 3 is 2.12 bits per heavy atom. The van der Waals surface area contributed by atoms with Crippen LogP contribution in [0.1, 0.15) is 109 Å². The van der Waals surface area contributed by atoms with Crippen molar-refractivity contribution >= 4 is 40.2 Å². The van der Waals surface area contributed by atoms with E-state index >= 15 is 0 Å². The van der Waals surface area contributed by atoms with Gasteiger partial charge in [0, 0.05) is 36.8 Å². The number of allylic oxidation sites excluding steroid dienone is 1. The normalized spacial score (nSPS) is 30.5. The number of carbonyl (C=O) groups excluding carboxylic acids is 2. The zero-order valence-electron chi connectivity index (χ0n) is 34.9. The molecule has 1 N–H and O–H groups in total. The first kappa shape index (κ1) is 47.5. The SMILES string of the molecule is C=C(CCl)C[C@H]1C/C=C/[C@H](O[Si](C)(C)C(C)(C)C)[C@@H](C)/C(C)=C/C(=O)O[C@@H](C[C@@H](C)[C@H](C)O[Si](C)(C)C(C)(C)C)[C@H](C)C/C=C/[C@](C)(O)C(=O)O1. The van der Waals surface area contributed by atoms with E-state index in [2.05, 4.69) is 95.1 Å². The van der Waals surface area contributed by atoms with Gasteiger partial charge in [-0.3, -0.25) is 0 Å². The van der Waals surface area contributed by atoms with Crippen LogP contribution in [0.25, 0.3) is 0 Å². The van der Waals surface area contributed by atoms with Gasteiger partial charge in [0.15, 0.2) is 22.2 Å². The molecule has 8 atom stereocenters. The van der Waals surface area contributed by atoms with Crippen molar-refractivity contribution < 1.29 is 33.0 Å². The number of carbonyl (C=O) groups is 2. The van der Waals surface area contributed by atoms with Gasteiger partial charge in [0.05, 0.1) is 6.10 Å². The molecule has 51 heavy (non-hydrogen) atoms. The summed E-state index contributed by atoms with van der Waals surface area (Å²) in [5.74, 6) is -1.05. The van der Waals surface area contributed by atoms with Gasteiger partial charge in [0.2, 0.25) is 0 Å². The molecule has 1 aliphatic heterocycles. The van der Waals surface area contributed by atoms with Gasteiger partial charge in [-0.2, -0.15) is 0 Å². The third-order valence-corrected chi connectivity index (χ3v) is 20.9. The lowest BCUT2D eigenvalue weighted by Crippen LogP contribution is -2.45. The summed E-state index contributed by atoms with van der Waals surface area (Å²) in [5, 5.41) is 11.2. The van der Waals surface area contributed by atoms with Crippen LogP contribution in [0.15, 0.2) is 48.1 Å². The van der Waals surface area contributed by atoms with Crippen molar-refractivity contribution in [1.82, 2.24) is 0 Å². The van der Waals surface area contributed by atoms with Gasteiger partial charge in [0.25, 0.3) is 0 Å². The number of hydrogen-bond donors (Lipinski definition) is 1. The Balaban J connectivity index is 3.65. The van der Waals surface area contributed by atoms with E-state index in [1.54, 1.807) is 12.2 Å².